The fourth-order valence-corrected chi connectivity index (χ4v) is 4.34. The second kappa shape index (κ2) is 8.12. The minimum atomic E-state index is 0.859. The van der Waals surface area contributed by atoms with E-state index in [0.29, 0.717) is 0 Å². The Hall–Kier alpha value is -0.260. The molecule has 1 saturated carbocycles. The van der Waals surface area contributed by atoms with Gasteiger partial charge in [-0.2, -0.15) is 0 Å². The first-order chi connectivity index (χ1) is 9.31. The topological polar surface area (TPSA) is 0 Å². The van der Waals surface area contributed by atoms with E-state index in [1.807, 2.05) is 0 Å². The maximum absolute atomic E-state index is 2.58. The second-order valence-corrected chi connectivity index (χ2v) is 7.07. The van der Waals surface area contributed by atoms with E-state index in [-0.39, 0.29) is 0 Å². The summed E-state index contributed by atoms with van der Waals surface area (Å²) in [6, 6.07) is 0. The Balaban J connectivity index is 1.78. The average molecular weight is 262 g/mol. The first-order valence-corrected chi connectivity index (χ1v) is 9.00. The van der Waals surface area contributed by atoms with Crippen LogP contribution in [-0.2, 0) is 0 Å². The van der Waals surface area contributed by atoms with Crippen LogP contribution in [0.2, 0.25) is 0 Å². The highest BCUT2D eigenvalue weighted by atomic mass is 14.3. The van der Waals surface area contributed by atoms with Crippen molar-refractivity contribution < 1.29 is 0 Å². The Morgan fingerprint density at radius 1 is 1.05 bits per heavy atom. The molecule has 0 aliphatic heterocycles. The molecule has 3 atom stereocenters. The molecule has 3 unspecified atom stereocenters. The smallest absolute Gasteiger partial charge is 0.0232 e. The van der Waals surface area contributed by atoms with Crippen LogP contribution in [0.25, 0.3) is 0 Å². The maximum atomic E-state index is 2.58. The van der Waals surface area contributed by atoms with E-state index in [4.69, 9.17) is 0 Å². The third-order valence-electron chi connectivity index (χ3n) is 5.77. The number of hydrogen-bond donors (Lipinski definition) is 0. The quantitative estimate of drug-likeness (QED) is 0.495. The summed E-state index contributed by atoms with van der Waals surface area (Å²) in [6.45, 7) is 4.89. The van der Waals surface area contributed by atoms with Gasteiger partial charge in [-0.05, 0) is 56.3 Å². The number of hydrogen-bond acceptors (Lipinski definition) is 0. The van der Waals surface area contributed by atoms with Crippen LogP contribution >= 0.6 is 0 Å². The molecule has 0 heteroatoms. The van der Waals surface area contributed by atoms with E-state index >= 15 is 0 Å². The first-order valence-electron chi connectivity index (χ1n) is 9.00. The zero-order chi connectivity index (χ0) is 13.5. The van der Waals surface area contributed by atoms with Crippen LogP contribution < -0.4 is 0 Å². The summed E-state index contributed by atoms with van der Waals surface area (Å²) in [5, 5.41) is 0. The molecule has 0 radical (unpaired) electrons. The molecule has 0 heterocycles. The van der Waals surface area contributed by atoms with Crippen molar-refractivity contribution in [2.24, 2.45) is 17.8 Å². The summed E-state index contributed by atoms with van der Waals surface area (Å²) in [4.78, 5) is 0. The van der Waals surface area contributed by atoms with E-state index in [1.54, 1.807) is 5.57 Å². The molecule has 0 spiro atoms. The Morgan fingerprint density at radius 2 is 1.84 bits per heavy atom. The van der Waals surface area contributed by atoms with Crippen LogP contribution in [0.1, 0.15) is 90.9 Å². The lowest BCUT2D eigenvalue weighted by atomic mass is 9.74. The van der Waals surface area contributed by atoms with Crippen molar-refractivity contribution in [2.45, 2.75) is 90.9 Å². The summed E-state index contributed by atoms with van der Waals surface area (Å²) in [5.74, 6) is 2.95. The number of allylic oxidation sites excluding steroid dienone is 2. The van der Waals surface area contributed by atoms with Gasteiger partial charge in [-0.1, -0.05) is 64.0 Å². The third-order valence-corrected chi connectivity index (χ3v) is 5.77. The minimum Gasteiger partial charge on any atom is -0.0851 e. The van der Waals surface area contributed by atoms with Gasteiger partial charge in [-0.25, -0.2) is 0 Å². The Morgan fingerprint density at radius 3 is 2.63 bits per heavy atom. The largest absolute Gasteiger partial charge is 0.0851 e. The standard InChI is InChI=1S/C19H34/c1-3-17-10-8-9-13-19(17)15-14-16(2)18-11-6-4-5-7-12-18/h11,16-17,19H,3-10,12-15H2,1-2H3. The molecule has 2 aliphatic carbocycles. The predicted octanol–water partition coefficient (Wildman–Crippen LogP) is 6.51. The van der Waals surface area contributed by atoms with Crippen LogP contribution in [0.4, 0.5) is 0 Å². The lowest BCUT2D eigenvalue weighted by Crippen LogP contribution is -2.19. The van der Waals surface area contributed by atoms with Gasteiger partial charge in [0.1, 0.15) is 0 Å². The van der Waals surface area contributed by atoms with E-state index in [0.717, 1.165) is 17.8 Å². The fraction of sp³-hybridized carbons (Fsp3) is 0.895. The van der Waals surface area contributed by atoms with E-state index in [9.17, 15) is 0 Å². The van der Waals surface area contributed by atoms with Gasteiger partial charge in [0, 0.05) is 0 Å². The molecular formula is C19H34. The SMILES string of the molecule is CCC1CCCCC1CCC(C)C1=CCCCCC1. The van der Waals surface area contributed by atoms with Crippen molar-refractivity contribution in [1.82, 2.24) is 0 Å². The van der Waals surface area contributed by atoms with Gasteiger partial charge in [0.05, 0.1) is 0 Å². The molecule has 1 fully saturated rings. The minimum absolute atomic E-state index is 0.859. The van der Waals surface area contributed by atoms with Gasteiger partial charge in [0.25, 0.3) is 0 Å². The molecule has 0 saturated heterocycles. The van der Waals surface area contributed by atoms with Gasteiger partial charge in [0.15, 0.2) is 0 Å². The van der Waals surface area contributed by atoms with Gasteiger partial charge < -0.3 is 0 Å². The summed E-state index contributed by atoms with van der Waals surface area (Å²) >= 11 is 0. The normalized spacial score (nSPS) is 30.5. The van der Waals surface area contributed by atoms with Crippen LogP contribution in [0.3, 0.4) is 0 Å². The van der Waals surface area contributed by atoms with Crippen LogP contribution in [0.5, 0.6) is 0 Å². The molecule has 0 aromatic rings. The molecule has 110 valence electrons. The van der Waals surface area contributed by atoms with Gasteiger partial charge in [-0.15, -0.1) is 0 Å². The van der Waals surface area contributed by atoms with Gasteiger partial charge in [0.2, 0.25) is 0 Å². The molecule has 0 aromatic heterocycles. The molecule has 0 bridgehead atoms. The van der Waals surface area contributed by atoms with Gasteiger partial charge in [-0.3, -0.25) is 0 Å². The van der Waals surface area contributed by atoms with Crippen molar-refractivity contribution in [3.8, 4) is 0 Å². The Kier molecular flexibility index (Phi) is 6.47. The molecular weight excluding hydrogens is 228 g/mol. The summed E-state index contributed by atoms with van der Waals surface area (Å²) in [6.07, 6.45) is 20.0. The van der Waals surface area contributed by atoms with E-state index < -0.39 is 0 Å². The molecule has 0 amide bonds. The Labute approximate surface area is 121 Å². The molecule has 0 aromatic carbocycles. The molecule has 2 rings (SSSR count). The van der Waals surface area contributed by atoms with Crippen molar-refractivity contribution in [2.75, 3.05) is 0 Å². The highest BCUT2D eigenvalue weighted by Gasteiger charge is 2.24. The predicted molar refractivity (Wildman–Crippen MR) is 85.3 cm³/mol. The number of rotatable bonds is 5. The zero-order valence-electron chi connectivity index (χ0n) is 13.3. The zero-order valence-corrected chi connectivity index (χ0v) is 13.3. The molecule has 19 heavy (non-hydrogen) atoms. The summed E-state index contributed by atoms with van der Waals surface area (Å²) < 4.78 is 0. The summed E-state index contributed by atoms with van der Waals surface area (Å²) in [5.41, 5.74) is 1.79. The van der Waals surface area contributed by atoms with Crippen LogP contribution in [0, 0.1) is 17.8 Å². The van der Waals surface area contributed by atoms with Crippen molar-refractivity contribution in [3.05, 3.63) is 11.6 Å². The lowest BCUT2D eigenvalue weighted by Gasteiger charge is -2.32. The van der Waals surface area contributed by atoms with E-state index in [1.165, 1.54) is 77.0 Å². The maximum Gasteiger partial charge on any atom is -0.0232 e. The molecule has 0 nitrogen and oxygen atoms in total. The highest BCUT2D eigenvalue weighted by molar-refractivity contribution is 5.07. The van der Waals surface area contributed by atoms with Crippen molar-refractivity contribution in [1.29, 1.82) is 0 Å². The van der Waals surface area contributed by atoms with Crippen molar-refractivity contribution >= 4 is 0 Å². The Bertz CT molecular complexity index is 276. The van der Waals surface area contributed by atoms with Crippen LogP contribution in [-0.4, -0.2) is 0 Å². The monoisotopic (exact) mass is 262 g/mol. The van der Waals surface area contributed by atoms with Gasteiger partial charge >= 0.3 is 0 Å². The lowest BCUT2D eigenvalue weighted by molar-refractivity contribution is 0.208. The first kappa shape index (κ1) is 15.1. The van der Waals surface area contributed by atoms with Crippen molar-refractivity contribution in [3.63, 3.8) is 0 Å². The third kappa shape index (κ3) is 4.65. The van der Waals surface area contributed by atoms with Crippen LogP contribution in [0.15, 0.2) is 11.6 Å². The second-order valence-electron chi connectivity index (χ2n) is 7.07. The fourth-order valence-electron chi connectivity index (χ4n) is 4.34. The highest BCUT2D eigenvalue weighted by Crippen LogP contribution is 2.37. The average Bonchev–Trinajstić information content (AvgIpc) is 2.74. The van der Waals surface area contributed by atoms with E-state index in [2.05, 4.69) is 19.9 Å². The molecule has 2 aliphatic rings. The molecule has 0 N–H and O–H groups in total. The summed E-state index contributed by atoms with van der Waals surface area (Å²) in [7, 11) is 0.